The van der Waals surface area contributed by atoms with Crippen molar-refractivity contribution >= 4 is 28.4 Å². The highest BCUT2D eigenvalue weighted by Gasteiger charge is 2.53. The molecule has 0 aromatic carbocycles. The molecule has 1 aromatic rings. The largest absolute Gasteiger partial charge is 0.507 e. The average molecular weight is 323 g/mol. The fourth-order valence-corrected chi connectivity index (χ4v) is 3.77. The van der Waals surface area contributed by atoms with E-state index < -0.39 is 0 Å². The molecule has 2 saturated heterocycles. The molecular weight excluding hydrogens is 297 g/mol. The normalized spacial score (nSPS) is 25.0. The summed E-state index contributed by atoms with van der Waals surface area (Å²) in [4.78, 5) is 9.49. The Labute approximate surface area is 137 Å². The van der Waals surface area contributed by atoms with E-state index in [-0.39, 0.29) is 18.3 Å². The van der Waals surface area contributed by atoms with E-state index in [2.05, 4.69) is 51.5 Å². The molecule has 22 heavy (non-hydrogen) atoms. The summed E-state index contributed by atoms with van der Waals surface area (Å²) in [7, 11) is 1.86. The molecule has 1 aromatic heterocycles. The second-order valence-electron chi connectivity index (χ2n) is 7.32. The molecule has 3 heterocycles. The Balaban J connectivity index is 1.79. The first-order chi connectivity index (χ1) is 10.2. The van der Waals surface area contributed by atoms with Crippen molar-refractivity contribution in [3.05, 3.63) is 5.69 Å². The third kappa shape index (κ3) is 2.80. The quantitative estimate of drug-likeness (QED) is 0.771. The van der Waals surface area contributed by atoms with Crippen molar-refractivity contribution in [1.82, 2.24) is 9.88 Å². The van der Waals surface area contributed by atoms with Crippen LogP contribution < -0.4 is 9.68 Å². The lowest BCUT2D eigenvalue weighted by atomic mass is 9.86. The zero-order valence-electron chi connectivity index (χ0n) is 14.5. The molecule has 0 bridgehead atoms. The topological polar surface area (TPSA) is 37.8 Å². The number of aromatic nitrogens is 1. The summed E-state index contributed by atoms with van der Waals surface area (Å²) in [5.74, 6) is 0. The molecule has 2 aliphatic heterocycles. The summed E-state index contributed by atoms with van der Waals surface area (Å²) in [5.41, 5.74) is 0.418. The van der Waals surface area contributed by atoms with Crippen LogP contribution in [0.4, 0.5) is 5.13 Å². The lowest BCUT2D eigenvalue weighted by molar-refractivity contribution is 0.00578. The van der Waals surface area contributed by atoms with Gasteiger partial charge in [-0.25, -0.2) is 4.98 Å². The van der Waals surface area contributed by atoms with E-state index in [0.29, 0.717) is 0 Å². The SMILES string of the molecule is Cc1nc(N2CCN(C)CC2)sc1B1OC(C)(C)C(C)(C)O1. The standard InChI is InChI=1S/C15H26BN3O2S/c1-11-12(16-20-14(2,3)15(4,5)21-16)22-13(17-11)19-9-7-18(6)8-10-19/h7-10H2,1-6H3. The van der Waals surface area contributed by atoms with Gasteiger partial charge in [-0.1, -0.05) is 0 Å². The first-order valence-corrected chi connectivity index (χ1v) is 8.78. The first-order valence-electron chi connectivity index (χ1n) is 7.96. The van der Waals surface area contributed by atoms with Crippen molar-refractivity contribution in [2.24, 2.45) is 0 Å². The predicted molar refractivity (Wildman–Crippen MR) is 92.3 cm³/mol. The minimum Gasteiger partial charge on any atom is -0.399 e. The molecule has 2 aliphatic rings. The molecule has 5 nitrogen and oxygen atoms in total. The van der Waals surface area contributed by atoms with Gasteiger partial charge in [0.25, 0.3) is 0 Å². The Morgan fingerprint density at radius 3 is 2.14 bits per heavy atom. The lowest BCUT2D eigenvalue weighted by Gasteiger charge is -2.32. The lowest BCUT2D eigenvalue weighted by Crippen LogP contribution is -2.44. The van der Waals surface area contributed by atoms with Gasteiger partial charge in [0, 0.05) is 26.2 Å². The third-order valence-corrected chi connectivity index (χ3v) is 6.30. The number of hydrogen-bond donors (Lipinski definition) is 0. The van der Waals surface area contributed by atoms with E-state index in [1.807, 2.05) is 0 Å². The molecule has 0 saturated carbocycles. The second-order valence-corrected chi connectivity index (χ2v) is 8.33. The van der Waals surface area contributed by atoms with Crippen LogP contribution in [-0.4, -0.2) is 61.4 Å². The highest BCUT2D eigenvalue weighted by atomic mass is 32.1. The highest BCUT2D eigenvalue weighted by molar-refractivity contribution is 7.25. The van der Waals surface area contributed by atoms with Gasteiger partial charge in [-0.05, 0) is 41.7 Å². The van der Waals surface area contributed by atoms with Crippen LogP contribution in [0.25, 0.3) is 0 Å². The van der Waals surface area contributed by atoms with Crippen LogP contribution in [0.2, 0.25) is 0 Å². The second kappa shape index (κ2) is 5.48. The van der Waals surface area contributed by atoms with E-state index in [1.54, 1.807) is 11.3 Å². The van der Waals surface area contributed by atoms with E-state index in [1.165, 1.54) is 0 Å². The van der Waals surface area contributed by atoms with Crippen LogP contribution >= 0.6 is 11.3 Å². The van der Waals surface area contributed by atoms with Crippen LogP contribution in [-0.2, 0) is 9.31 Å². The van der Waals surface area contributed by atoms with Crippen molar-refractivity contribution in [3.63, 3.8) is 0 Å². The van der Waals surface area contributed by atoms with Crippen LogP contribution in [0.15, 0.2) is 0 Å². The summed E-state index contributed by atoms with van der Waals surface area (Å²) >= 11 is 1.71. The number of thiazole rings is 1. The smallest absolute Gasteiger partial charge is 0.399 e. The maximum Gasteiger partial charge on any atom is 0.507 e. The molecule has 0 amide bonds. The molecule has 2 fully saturated rings. The Morgan fingerprint density at radius 2 is 1.59 bits per heavy atom. The first kappa shape index (κ1) is 16.2. The van der Waals surface area contributed by atoms with Crippen LogP contribution in [0.1, 0.15) is 33.4 Å². The van der Waals surface area contributed by atoms with Crippen molar-refractivity contribution < 1.29 is 9.31 Å². The van der Waals surface area contributed by atoms with Crippen LogP contribution in [0, 0.1) is 6.92 Å². The number of piperazine rings is 1. The monoisotopic (exact) mass is 323 g/mol. The van der Waals surface area contributed by atoms with Gasteiger partial charge >= 0.3 is 7.12 Å². The minimum absolute atomic E-state index is 0.302. The van der Waals surface area contributed by atoms with Crippen molar-refractivity contribution in [2.45, 2.75) is 45.8 Å². The molecule has 0 aliphatic carbocycles. The highest BCUT2D eigenvalue weighted by Crippen LogP contribution is 2.37. The Kier molecular flexibility index (Phi) is 4.04. The molecule has 0 radical (unpaired) electrons. The summed E-state index contributed by atoms with van der Waals surface area (Å²) < 4.78 is 13.4. The van der Waals surface area contributed by atoms with Gasteiger partial charge in [0.15, 0.2) is 5.13 Å². The maximum atomic E-state index is 6.17. The molecule has 7 heteroatoms. The zero-order valence-corrected chi connectivity index (χ0v) is 15.3. The number of likely N-dealkylation sites (N-methyl/N-ethyl adjacent to an activating group) is 1. The van der Waals surface area contributed by atoms with Crippen molar-refractivity contribution in [1.29, 1.82) is 0 Å². The van der Waals surface area contributed by atoms with Crippen LogP contribution in [0.3, 0.4) is 0 Å². The van der Waals surface area contributed by atoms with Crippen molar-refractivity contribution in [3.8, 4) is 0 Å². The Bertz CT molecular complexity index is 537. The fraction of sp³-hybridized carbons (Fsp3) is 0.800. The van der Waals surface area contributed by atoms with E-state index in [4.69, 9.17) is 14.3 Å². The number of nitrogens with zero attached hydrogens (tertiary/aromatic N) is 3. The van der Waals surface area contributed by atoms with Crippen molar-refractivity contribution in [2.75, 3.05) is 38.1 Å². The van der Waals surface area contributed by atoms with E-state index in [9.17, 15) is 0 Å². The van der Waals surface area contributed by atoms with Gasteiger partial charge in [-0.15, -0.1) is 11.3 Å². The number of rotatable bonds is 2. The number of hydrogen-bond acceptors (Lipinski definition) is 6. The van der Waals surface area contributed by atoms with Gasteiger partial charge in [-0.2, -0.15) is 0 Å². The zero-order chi connectivity index (χ0) is 16.1. The molecule has 0 spiro atoms. The fourth-order valence-electron chi connectivity index (χ4n) is 2.70. The molecular formula is C15H26BN3O2S. The van der Waals surface area contributed by atoms with Crippen LogP contribution in [0.5, 0.6) is 0 Å². The van der Waals surface area contributed by atoms with Gasteiger partial charge < -0.3 is 19.1 Å². The molecule has 3 rings (SSSR count). The number of aryl methyl sites for hydroxylation is 1. The summed E-state index contributed by atoms with van der Waals surface area (Å²) in [5, 5.41) is 1.09. The molecule has 122 valence electrons. The summed E-state index contributed by atoms with van der Waals surface area (Å²) in [6, 6.07) is 0. The molecule has 0 unspecified atom stereocenters. The summed E-state index contributed by atoms with van der Waals surface area (Å²) in [6.07, 6.45) is 0. The van der Waals surface area contributed by atoms with Gasteiger partial charge in [0.2, 0.25) is 0 Å². The molecule has 0 N–H and O–H groups in total. The summed E-state index contributed by atoms with van der Waals surface area (Å²) in [6.45, 7) is 14.6. The predicted octanol–water partition coefficient (Wildman–Crippen LogP) is 1.50. The van der Waals surface area contributed by atoms with Gasteiger partial charge in [-0.3, -0.25) is 0 Å². The van der Waals surface area contributed by atoms with Gasteiger partial charge in [0.1, 0.15) is 0 Å². The number of anilines is 1. The Morgan fingerprint density at radius 1 is 1.05 bits per heavy atom. The van der Waals surface area contributed by atoms with E-state index in [0.717, 1.165) is 41.8 Å². The third-order valence-electron chi connectivity index (χ3n) is 5.06. The minimum atomic E-state index is -0.303. The maximum absolute atomic E-state index is 6.17. The Hall–Kier alpha value is -0.625. The van der Waals surface area contributed by atoms with Gasteiger partial charge in [0.05, 0.1) is 21.7 Å². The average Bonchev–Trinajstić information content (AvgIpc) is 2.89. The molecule has 0 atom stereocenters. The van der Waals surface area contributed by atoms with E-state index >= 15 is 0 Å².